The average Bonchev–Trinajstić information content (AvgIpc) is 2.43. The van der Waals surface area contributed by atoms with Gasteiger partial charge in [-0.1, -0.05) is 17.7 Å². The van der Waals surface area contributed by atoms with Crippen LogP contribution < -0.4 is 5.32 Å². The van der Waals surface area contributed by atoms with Crippen LogP contribution >= 0.6 is 27.5 Å². The number of anilines is 1. The molecule has 2 aromatic carbocycles. The van der Waals surface area contributed by atoms with Crippen LogP contribution in [0.4, 0.5) is 5.69 Å². The second-order valence-corrected chi connectivity index (χ2v) is 5.51. The lowest BCUT2D eigenvalue weighted by atomic mass is 10.1. The van der Waals surface area contributed by atoms with Crippen molar-refractivity contribution in [3.8, 4) is 6.07 Å². The summed E-state index contributed by atoms with van der Waals surface area (Å²) in [5.74, 6) is -0.240. The Hall–Kier alpha value is -1.83. The minimum absolute atomic E-state index is 0.240. The highest BCUT2D eigenvalue weighted by Crippen LogP contribution is 2.25. The third-order valence-electron chi connectivity index (χ3n) is 2.79. The summed E-state index contributed by atoms with van der Waals surface area (Å²) in [6.45, 7) is 1.85. The Morgan fingerprint density at radius 1 is 1.30 bits per heavy atom. The molecular formula is C15H10BrClN2O. The molecule has 0 atom stereocenters. The molecule has 0 saturated heterocycles. The number of nitrogens with zero attached hydrogens (tertiary/aromatic N) is 1. The first-order chi connectivity index (χ1) is 9.51. The molecule has 1 amide bonds. The van der Waals surface area contributed by atoms with Gasteiger partial charge in [-0.3, -0.25) is 4.79 Å². The zero-order valence-corrected chi connectivity index (χ0v) is 12.9. The predicted molar refractivity (Wildman–Crippen MR) is 83.0 cm³/mol. The van der Waals surface area contributed by atoms with E-state index in [0.717, 1.165) is 5.56 Å². The van der Waals surface area contributed by atoms with Gasteiger partial charge in [0.05, 0.1) is 17.3 Å². The Labute approximate surface area is 130 Å². The van der Waals surface area contributed by atoms with Crippen LogP contribution in [0.15, 0.2) is 40.9 Å². The molecule has 0 unspecified atom stereocenters. The largest absolute Gasteiger partial charge is 0.321 e. The summed E-state index contributed by atoms with van der Waals surface area (Å²) in [6, 6.07) is 12.2. The number of nitriles is 1. The molecule has 0 spiro atoms. The summed E-state index contributed by atoms with van der Waals surface area (Å²) in [7, 11) is 0. The Morgan fingerprint density at radius 3 is 2.70 bits per heavy atom. The van der Waals surface area contributed by atoms with Crippen molar-refractivity contribution in [2.45, 2.75) is 6.92 Å². The molecule has 1 N–H and O–H groups in total. The highest BCUT2D eigenvalue weighted by Gasteiger charge is 2.11. The fourth-order valence-electron chi connectivity index (χ4n) is 1.71. The summed E-state index contributed by atoms with van der Waals surface area (Å²) in [5, 5.41) is 12.1. The van der Waals surface area contributed by atoms with Gasteiger partial charge in [-0.15, -0.1) is 0 Å². The number of nitrogens with one attached hydrogen (secondary N) is 1. The van der Waals surface area contributed by atoms with Gasteiger partial charge in [0.1, 0.15) is 0 Å². The van der Waals surface area contributed by atoms with Crippen molar-refractivity contribution in [2.24, 2.45) is 0 Å². The standard InChI is InChI=1S/C15H10BrClN2O/c1-9-2-4-11(17)7-12(9)15(20)19-14-5-3-10(8-18)6-13(14)16/h2-7H,1H3,(H,19,20). The van der Waals surface area contributed by atoms with Crippen LogP contribution in [0.5, 0.6) is 0 Å². The van der Waals surface area contributed by atoms with E-state index in [1.54, 1.807) is 36.4 Å². The number of halogens is 2. The maximum Gasteiger partial charge on any atom is 0.256 e. The van der Waals surface area contributed by atoms with Crippen molar-refractivity contribution in [3.05, 3.63) is 62.6 Å². The SMILES string of the molecule is Cc1ccc(Cl)cc1C(=O)Nc1ccc(C#N)cc1Br. The van der Waals surface area contributed by atoms with Crippen molar-refractivity contribution in [3.63, 3.8) is 0 Å². The van der Waals surface area contributed by atoms with Gasteiger partial charge in [0, 0.05) is 15.1 Å². The number of carbonyl (C=O) groups is 1. The van der Waals surface area contributed by atoms with Crippen LogP contribution in [0.1, 0.15) is 21.5 Å². The lowest BCUT2D eigenvalue weighted by molar-refractivity contribution is 0.102. The summed E-state index contributed by atoms with van der Waals surface area (Å²) < 4.78 is 0.657. The van der Waals surface area contributed by atoms with E-state index in [2.05, 4.69) is 21.2 Å². The van der Waals surface area contributed by atoms with E-state index in [9.17, 15) is 4.79 Å². The summed E-state index contributed by atoms with van der Waals surface area (Å²) >= 11 is 9.24. The summed E-state index contributed by atoms with van der Waals surface area (Å²) in [6.07, 6.45) is 0. The molecule has 0 aliphatic rings. The predicted octanol–water partition coefficient (Wildman–Crippen LogP) is 4.53. The highest BCUT2D eigenvalue weighted by atomic mass is 79.9. The average molecular weight is 350 g/mol. The topological polar surface area (TPSA) is 52.9 Å². The van der Waals surface area contributed by atoms with Crippen molar-refractivity contribution >= 4 is 39.1 Å². The molecule has 0 aliphatic carbocycles. The Kier molecular flexibility index (Phi) is 4.43. The first-order valence-corrected chi connectivity index (χ1v) is 6.95. The molecule has 2 rings (SSSR count). The van der Waals surface area contributed by atoms with E-state index in [0.29, 0.717) is 26.3 Å². The number of amides is 1. The molecule has 0 bridgehead atoms. The number of carbonyl (C=O) groups excluding carboxylic acids is 1. The van der Waals surface area contributed by atoms with Gasteiger partial charge in [0.2, 0.25) is 0 Å². The van der Waals surface area contributed by atoms with Crippen LogP contribution in [-0.4, -0.2) is 5.91 Å². The van der Waals surface area contributed by atoms with Crippen LogP contribution in [0.3, 0.4) is 0 Å². The van der Waals surface area contributed by atoms with Gasteiger partial charge in [0.15, 0.2) is 0 Å². The van der Waals surface area contributed by atoms with Crippen LogP contribution in [-0.2, 0) is 0 Å². The number of benzene rings is 2. The Balaban J connectivity index is 2.28. The van der Waals surface area contributed by atoms with E-state index in [4.69, 9.17) is 16.9 Å². The molecule has 0 heterocycles. The molecule has 0 saturated carbocycles. The highest BCUT2D eigenvalue weighted by molar-refractivity contribution is 9.10. The summed E-state index contributed by atoms with van der Waals surface area (Å²) in [5.41, 5.74) is 2.49. The lowest BCUT2D eigenvalue weighted by Gasteiger charge is -2.10. The lowest BCUT2D eigenvalue weighted by Crippen LogP contribution is -2.13. The van der Waals surface area contributed by atoms with E-state index in [1.807, 2.05) is 13.0 Å². The molecule has 3 nitrogen and oxygen atoms in total. The van der Waals surface area contributed by atoms with Gasteiger partial charge < -0.3 is 5.32 Å². The van der Waals surface area contributed by atoms with Crippen molar-refractivity contribution in [1.82, 2.24) is 0 Å². The number of hydrogen-bond acceptors (Lipinski definition) is 2. The second-order valence-electron chi connectivity index (χ2n) is 4.22. The number of aryl methyl sites for hydroxylation is 1. The normalized spacial score (nSPS) is 9.90. The van der Waals surface area contributed by atoms with Gasteiger partial charge in [-0.25, -0.2) is 0 Å². The molecular weight excluding hydrogens is 340 g/mol. The first kappa shape index (κ1) is 14.6. The van der Waals surface area contributed by atoms with Gasteiger partial charge in [-0.05, 0) is 58.7 Å². The van der Waals surface area contributed by atoms with Gasteiger partial charge in [-0.2, -0.15) is 5.26 Å². The zero-order valence-electron chi connectivity index (χ0n) is 10.6. The van der Waals surface area contributed by atoms with E-state index >= 15 is 0 Å². The van der Waals surface area contributed by atoms with Gasteiger partial charge >= 0.3 is 0 Å². The molecule has 0 aromatic heterocycles. The maximum absolute atomic E-state index is 12.2. The fraction of sp³-hybridized carbons (Fsp3) is 0.0667. The van der Waals surface area contributed by atoms with Crippen molar-refractivity contribution in [2.75, 3.05) is 5.32 Å². The van der Waals surface area contributed by atoms with E-state index < -0.39 is 0 Å². The fourth-order valence-corrected chi connectivity index (χ4v) is 2.36. The Bertz CT molecular complexity index is 722. The van der Waals surface area contributed by atoms with Crippen LogP contribution in [0.2, 0.25) is 5.02 Å². The quantitative estimate of drug-likeness (QED) is 0.865. The third kappa shape index (κ3) is 3.19. The smallest absolute Gasteiger partial charge is 0.256 e. The molecule has 5 heteroatoms. The van der Waals surface area contributed by atoms with Crippen LogP contribution in [0.25, 0.3) is 0 Å². The molecule has 0 fully saturated rings. The molecule has 2 aromatic rings. The van der Waals surface area contributed by atoms with Crippen LogP contribution in [0, 0.1) is 18.3 Å². The minimum Gasteiger partial charge on any atom is -0.321 e. The third-order valence-corrected chi connectivity index (χ3v) is 3.68. The van der Waals surface area contributed by atoms with Crippen molar-refractivity contribution in [1.29, 1.82) is 5.26 Å². The summed E-state index contributed by atoms with van der Waals surface area (Å²) in [4.78, 5) is 12.2. The van der Waals surface area contributed by atoms with Gasteiger partial charge in [0.25, 0.3) is 5.91 Å². The van der Waals surface area contributed by atoms with E-state index in [1.165, 1.54) is 0 Å². The Morgan fingerprint density at radius 2 is 2.05 bits per heavy atom. The first-order valence-electron chi connectivity index (χ1n) is 5.78. The molecule has 20 heavy (non-hydrogen) atoms. The number of hydrogen-bond donors (Lipinski definition) is 1. The second kappa shape index (κ2) is 6.08. The van der Waals surface area contributed by atoms with E-state index in [-0.39, 0.29) is 5.91 Å². The number of rotatable bonds is 2. The minimum atomic E-state index is -0.240. The molecule has 100 valence electrons. The maximum atomic E-state index is 12.2. The monoisotopic (exact) mass is 348 g/mol. The zero-order chi connectivity index (χ0) is 14.7. The molecule has 0 aliphatic heterocycles. The van der Waals surface area contributed by atoms with Crippen molar-refractivity contribution < 1.29 is 4.79 Å². The molecule has 0 radical (unpaired) electrons.